The second-order valence-corrected chi connectivity index (χ2v) is 10.3. The number of carbonyl (C=O) groups is 1. The van der Waals surface area contributed by atoms with Crippen LogP contribution in [0.25, 0.3) is 5.00 Å². The molecule has 1 aliphatic heterocycles. The highest BCUT2D eigenvalue weighted by Crippen LogP contribution is 2.44. The van der Waals surface area contributed by atoms with Crippen LogP contribution in [-0.4, -0.2) is 15.5 Å². The van der Waals surface area contributed by atoms with E-state index in [2.05, 4.69) is 9.88 Å². The fourth-order valence-corrected chi connectivity index (χ4v) is 6.80. The van der Waals surface area contributed by atoms with Crippen LogP contribution in [0, 0.1) is 0 Å². The highest BCUT2D eigenvalue weighted by Gasteiger charge is 2.38. The molecule has 2 aliphatic rings. The van der Waals surface area contributed by atoms with Gasteiger partial charge in [-0.3, -0.25) is 0 Å². The Morgan fingerprint density at radius 2 is 1.67 bits per heavy atom. The first-order valence-electron chi connectivity index (χ1n) is 12.0. The smallest absolute Gasteiger partial charge is 0.310 e. The summed E-state index contributed by atoms with van der Waals surface area (Å²) >= 11 is 1.78. The number of hydrogen-bond acceptors (Lipinski definition) is 2. The van der Waals surface area contributed by atoms with E-state index in [1.54, 1.807) is 16.2 Å². The van der Waals surface area contributed by atoms with E-state index in [0.717, 1.165) is 53.6 Å². The minimum atomic E-state index is -4.57. The number of fused-ring (bicyclic) bond motifs is 5. The number of urea groups is 1. The van der Waals surface area contributed by atoms with Gasteiger partial charge in [-0.2, -0.15) is 13.2 Å². The summed E-state index contributed by atoms with van der Waals surface area (Å²) in [6.07, 6.45) is 1.68. The molecule has 0 radical (unpaired) electrons. The molecule has 2 aromatic heterocycles. The van der Waals surface area contributed by atoms with Crippen LogP contribution in [0.1, 0.15) is 51.7 Å². The molecule has 8 heteroatoms. The maximum Gasteiger partial charge on any atom is 0.418 e. The van der Waals surface area contributed by atoms with Gasteiger partial charge in [-0.1, -0.05) is 42.5 Å². The van der Waals surface area contributed by atoms with E-state index in [0.29, 0.717) is 6.54 Å². The molecule has 3 heterocycles. The number of aromatic nitrogens is 1. The van der Waals surface area contributed by atoms with Crippen molar-refractivity contribution in [3.8, 4) is 5.00 Å². The molecule has 0 saturated heterocycles. The van der Waals surface area contributed by atoms with Crippen LogP contribution in [-0.2, 0) is 25.6 Å². The standard InChI is InChI=1S/C28H24F3N3OS/c29-28(30,31)21-12-5-6-13-22(21)32-27(35)34-17-20-19-11-4-7-15-24(19)36-26(20)33-16-8-14-23(33)25(34)18-9-2-1-3-10-18/h1-3,5-6,8-10,12-14,16,25H,4,7,11,15,17H2,(H,32,35)/t25-/m0/s1. The van der Waals surface area contributed by atoms with Crippen LogP contribution in [0.4, 0.5) is 23.7 Å². The minimum absolute atomic E-state index is 0.242. The summed E-state index contributed by atoms with van der Waals surface area (Å²) < 4.78 is 43.2. The number of amides is 2. The third-order valence-corrected chi connectivity index (χ3v) is 8.36. The summed E-state index contributed by atoms with van der Waals surface area (Å²) in [7, 11) is 0. The maximum atomic E-state index is 13.9. The summed E-state index contributed by atoms with van der Waals surface area (Å²) in [6, 6.07) is 17.7. The number of halogens is 3. The van der Waals surface area contributed by atoms with Crippen molar-refractivity contribution in [2.45, 2.75) is 44.4 Å². The van der Waals surface area contributed by atoms with Gasteiger partial charge in [0.05, 0.1) is 29.5 Å². The van der Waals surface area contributed by atoms with Gasteiger partial charge in [0.1, 0.15) is 5.00 Å². The van der Waals surface area contributed by atoms with Gasteiger partial charge in [0.25, 0.3) is 0 Å². The van der Waals surface area contributed by atoms with E-state index < -0.39 is 23.8 Å². The molecule has 4 aromatic rings. The molecule has 0 saturated carbocycles. The first-order valence-corrected chi connectivity index (χ1v) is 12.8. The summed E-state index contributed by atoms with van der Waals surface area (Å²) in [4.78, 5) is 16.9. The Bertz CT molecular complexity index is 1420. The normalized spacial score (nSPS) is 17.1. The van der Waals surface area contributed by atoms with Crippen molar-refractivity contribution < 1.29 is 18.0 Å². The van der Waals surface area contributed by atoms with Crippen LogP contribution in [0.3, 0.4) is 0 Å². The van der Waals surface area contributed by atoms with Gasteiger partial charge < -0.3 is 14.8 Å². The number of nitrogens with zero attached hydrogens (tertiary/aromatic N) is 2. The van der Waals surface area contributed by atoms with E-state index >= 15 is 0 Å². The molecule has 0 spiro atoms. The number of thiophene rings is 1. The second kappa shape index (κ2) is 8.85. The molecule has 184 valence electrons. The predicted octanol–water partition coefficient (Wildman–Crippen LogP) is 7.57. The zero-order chi connectivity index (χ0) is 24.9. The Morgan fingerprint density at radius 3 is 2.47 bits per heavy atom. The lowest BCUT2D eigenvalue weighted by molar-refractivity contribution is -0.136. The van der Waals surface area contributed by atoms with Gasteiger partial charge in [-0.15, -0.1) is 11.3 Å². The number of benzene rings is 2. The zero-order valence-corrected chi connectivity index (χ0v) is 20.2. The highest BCUT2D eigenvalue weighted by atomic mass is 32.1. The van der Waals surface area contributed by atoms with E-state index in [1.807, 2.05) is 48.7 Å². The average molecular weight is 508 g/mol. The van der Waals surface area contributed by atoms with Crippen molar-refractivity contribution in [1.29, 1.82) is 0 Å². The highest BCUT2D eigenvalue weighted by molar-refractivity contribution is 7.15. The largest absolute Gasteiger partial charge is 0.418 e. The van der Waals surface area contributed by atoms with Crippen LogP contribution in [0.15, 0.2) is 72.9 Å². The minimum Gasteiger partial charge on any atom is -0.310 e. The molecule has 4 nitrogen and oxygen atoms in total. The molecular formula is C28H24F3N3OS. The quantitative estimate of drug-likeness (QED) is 0.298. The first-order chi connectivity index (χ1) is 17.4. The van der Waals surface area contributed by atoms with Crippen molar-refractivity contribution in [1.82, 2.24) is 9.47 Å². The van der Waals surface area contributed by atoms with Gasteiger partial charge in [-0.25, -0.2) is 4.79 Å². The summed E-state index contributed by atoms with van der Waals surface area (Å²) in [5.41, 5.74) is 3.11. The Hall–Kier alpha value is -3.52. The monoisotopic (exact) mass is 507 g/mol. The van der Waals surface area contributed by atoms with E-state index in [4.69, 9.17) is 0 Å². The van der Waals surface area contributed by atoms with Gasteiger partial charge >= 0.3 is 12.2 Å². The van der Waals surface area contributed by atoms with Crippen molar-refractivity contribution in [2.24, 2.45) is 0 Å². The Morgan fingerprint density at radius 1 is 0.917 bits per heavy atom. The Kier molecular flexibility index (Phi) is 5.63. The topological polar surface area (TPSA) is 37.3 Å². The van der Waals surface area contributed by atoms with Gasteiger partial charge in [0, 0.05) is 16.6 Å². The third-order valence-electron chi connectivity index (χ3n) is 7.03. The number of rotatable bonds is 2. The molecule has 1 aliphatic carbocycles. The van der Waals surface area contributed by atoms with Crippen molar-refractivity contribution in [3.63, 3.8) is 0 Å². The predicted molar refractivity (Wildman–Crippen MR) is 135 cm³/mol. The van der Waals surface area contributed by atoms with Crippen molar-refractivity contribution in [2.75, 3.05) is 5.32 Å². The summed E-state index contributed by atoms with van der Waals surface area (Å²) in [5.74, 6) is 0. The molecule has 1 atom stereocenters. The van der Waals surface area contributed by atoms with Crippen molar-refractivity contribution in [3.05, 3.63) is 106 Å². The summed E-state index contributed by atoms with van der Waals surface area (Å²) in [5, 5.41) is 3.71. The SMILES string of the molecule is O=C(Nc1ccccc1C(F)(F)F)N1Cc2c(sc3c2CCCC3)-n2cccc2[C@@H]1c1ccccc1. The van der Waals surface area contributed by atoms with Crippen LogP contribution >= 0.6 is 11.3 Å². The number of alkyl halides is 3. The van der Waals surface area contributed by atoms with Gasteiger partial charge in [-0.05, 0) is 61.1 Å². The molecule has 6 rings (SSSR count). The molecule has 1 N–H and O–H groups in total. The fraction of sp³-hybridized carbons (Fsp3) is 0.250. The maximum absolute atomic E-state index is 13.9. The lowest BCUT2D eigenvalue weighted by Gasteiger charge is -2.31. The number of para-hydroxylation sites is 1. The molecule has 0 unspecified atom stereocenters. The Balaban J connectivity index is 1.49. The lowest BCUT2D eigenvalue weighted by Crippen LogP contribution is -2.38. The van der Waals surface area contributed by atoms with E-state index in [9.17, 15) is 18.0 Å². The average Bonchev–Trinajstić information content (AvgIpc) is 3.46. The first kappa shape index (κ1) is 22.9. The lowest BCUT2D eigenvalue weighted by atomic mass is 9.95. The second-order valence-electron chi connectivity index (χ2n) is 9.21. The zero-order valence-electron chi connectivity index (χ0n) is 19.4. The van der Waals surface area contributed by atoms with Gasteiger partial charge in [0.2, 0.25) is 0 Å². The number of hydrogen-bond donors (Lipinski definition) is 1. The Labute approximate surface area is 211 Å². The fourth-order valence-electron chi connectivity index (χ4n) is 5.40. The molecular weight excluding hydrogens is 483 g/mol. The number of anilines is 1. The van der Waals surface area contributed by atoms with E-state index in [-0.39, 0.29) is 5.69 Å². The van der Waals surface area contributed by atoms with Crippen molar-refractivity contribution >= 4 is 23.1 Å². The third kappa shape index (κ3) is 3.89. The molecule has 0 fully saturated rings. The number of carbonyl (C=O) groups excluding carboxylic acids is 1. The molecule has 2 aromatic carbocycles. The summed E-state index contributed by atoms with van der Waals surface area (Å²) in [6.45, 7) is 0.322. The molecule has 2 amide bonds. The number of nitrogens with one attached hydrogen (secondary N) is 1. The number of aryl methyl sites for hydroxylation is 1. The molecule has 0 bridgehead atoms. The van der Waals surface area contributed by atoms with E-state index in [1.165, 1.54) is 28.6 Å². The molecule has 36 heavy (non-hydrogen) atoms. The van der Waals surface area contributed by atoms with Gasteiger partial charge in [0.15, 0.2) is 0 Å². The van der Waals surface area contributed by atoms with Crippen LogP contribution in [0.2, 0.25) is 0 Å². The van der Waals surface area contributed by atoms with Crippen LogP contribution < -0.4 is 5.32 Å². The van der Waals surface area contributed by atoms with Crippen LogP contribution in [0.5, 0.6) is 0 Å².